The van der Waals surface area contributed by atoms with Crippen LogP contribution in [0.1, 0.15) is 15.9 Å². The van der Waals surface area contributed by atoms with Crippen LogP contribution in [0.4, 0.5) is 5.69 Å². The molecule has 22 heavy (non-hydrogen) atoms. The zero-order chi connectivity index (χ0) is 15.9. The maximum Gasteiger partial charge on any atom is 0.187 e. The molecule has 0 radical (unpaired) electrons. The molecule has 0 spiro atoms. The molecule has 0 amide bonds. The van der Waals surface area contributed by atoms with Crippen LogP contribution >= 0.6 is 0 Å². The van der Waals surface area contributed by atoms with Crippen LogP contribution in [0.25, 0.3) is 6.08 Å². The number of ether oxygens (including phenoxy) is 2. The van der Waals surface area contributed by atoms with Crippen LogP contribution in [0, 0.1) is 0 Å². The number of hydrogen-bond donors (Lipinski definition) is 1. The van der Waals surface area contributed by atoms with E-state index < -0.39 is 0 Å². The van der Waals surface area contributed by atoms with E-state index in [-0.39, 0.29) is 5.78 Å². The molecule has 1 N–H and O–H groups in total. The second-order valence-electron chi connectivity index (χ2n) is 4.60. The lowest BCUT2D eigenvalue weighted by Gasteiger charge is -2.08. The number of methoxy groups -OCH3 is 2. The molecule has 0 bridgehead atoms. The SMILES string of the molecule is CNc1ccccc1C(=O)C=Cc1cc(OC)ccc1OC. The van der Waals surface area contributed by atoms with Crippen LogP contribution in [-0.2, 0) is 0 Å². The van der Waals surface area contributed by atoms with Gasteiger partial charge in [-0.1, -0.05) is 12.1 Å². The summed E-state index contributed by atoms with van der Waals surface area (Å²) in [5, 5.41) is 3.02. The first-order valence-corrected chi connectivity index (χ1v) is 6.90. The molecule has 0 saturated carbocycles. The molecule has 2 aromatic carbocycles. The third kappa shape index (κ3) is 3.47. The Bertz CT molecular complexity index is 692. The second kappa shape index (κ2) is 7.31. The lowest BCUT2D eigenvalue weighted by molar-refractivity contribution is 0.104. The lowest BCUT2D eigenvalue weighted by Crippen LogP contribution is -2.00. The van der Waals surface area contributed by atoms with E-state index in [9.17, 15) is 4.79 Å². The van der Waals surface area contributed by atoms with E-state index in [0.717, 1.165) is 11.3 Å². The van der Waals surface area contributed by atoms with E-state index in [1.54, 1.807) is 33.4 Å². The topological polar surface area (TPSA) is 47.6 Å². The van der Waals surface area contributed by atoms with Gasteiger partial charge in [0.15, 0.2) is 5.78 Å². The molecule has 4 heteroatoms. The predicted molar refractivity (Wildman–Crippen MR) is 88.9 cm³/mol. The largest absolute Gasteiger partial charge is 0.497 e. The molecule has 2 rings (SSSR count). The van der Waals surface area contributed by atoms with Gasteiger partial charge in [-0.2, -0.15) is 0 Å². The van der Waals surface area contributed by atoms with E-state index in [2.05, 4.69) is 5.32 Å². The van der Waals surface area contributed by atoms with Gasteiger partial charge in [-0.15, -0.1) is 0 Å². The highest BCUT2D eigenvalue weighted by Gasteiger charge is 2.08. The monoisotopic (exact) mass is 297 g/mol. The van der Waals surface area contributed by atoms with Crippen LogP contribution in [0.3, 0.4) is 0 Å². The summed E-state index contributed by atoms with van der Waals surface area (Å²) in [5.41, 5.74) is 2.22. The summed E-state index contributed by atoms with van der Waals surface area (Å²) < 4.78 is 10.5. The molecule has 0 atom stereocenters. The molecule has 4 nitrogen and oxygen atoms in total. The van der Waals surface area contributed by atoms with Crippen molar-refractivity contribution in [1.29, 1.82) is 0 Å². The zero-order valence-electron chi connectivity index (χ0n) is 12.9. The first-order valence-electron chi connectivity index (χ1n) is 6.90. The van der Waals surface area contributed by atoms with Crippen molar-refractivity contribution >= 4 is 17.5 Å². The molecule has 0 heterocycles. The number of carbonyl (C=O) groups is 1. The molecule has 0 saturated heterocycles. The smallest absolute Gasteiger partial charge is 0.187 e. The summed E-state index contributed by atoms with van der Waals surface area (Å²) in [6.07, 6.45) is 3.27. The van der Waals surface area contributed by atoms with Gasteiger partial charge in [-0.05, 0) is 42.5 Å². The molecular weight excluding hydrogens is 278 g/mol. The number of allylic oxidation sites excluding steroid dienone is 1. The second-order valence-corrected chi connectivity index (χ2v) is 4.60. The van der Waals surface area contributed by atoms with Gasteiger partial charge in [0.05, 0.1) is 14.2 Å². The lowest BCUT2D eigenvalue weighted by atomic mass is 10.1. The number of carbonyl (C=O) groups excluding carboxylic acids is 1. The zero-order valence-corrected chi connectivity index (χ0v) is 12.9. The molecule has 0 aliphatic rings. The average molecular weight is 297 g/mol. The van der Waals surface area contributed by atoms with E-state index in [0.29, 0.717) is 17.1 Å². The van der Waals surface area contributed by atoms with Crippen molar-refractivity contribution in [1.82, 2.24) is 0 Å². The highest BCUT2D eigenvalue weighted by atomic mass is 16.5. The number of ketones is 1. The van der Waals surface area contributed by atoms with E-state index in [1.165, 1.54) is 6.08 Å². The molecule has 0 fully saturated rings. The predicted octanol–water partition coefficient (Wildman–Crippen LogP) is 3.64. The third-order valence-corrected chi connectivity index (χ3v) is 3.31. The van der Waals surface area contributed by atoms with Crippen LogP contribution < -0.4 is 14.8 Å². The Morgan fingerprint density at radius 3 is 2.55 bits per heavy atom. The summed E-state index contributed by atoms with van der Waals surface area (Å²) in [6, 6.07) is 12.8. The first kappa shape index (κ1) is 15.6. The number of anilines is 1. The molecule has 0 unspecified atom stereocenters. The van der Waals surface area contributed by atoms with Crippen molar-refractivity contribution in [2.75, 3.05) is 26.6 Å². The summed E-state index contributed by atoms with van der Waals surface area (Å²) in [6.45, 7) is 0. The number of para-hydroxylation sites is 1. The van der Waals surface area contributed by atoms with Crippen molar-refractivity contribution in [3.05, 3.63) is 59.7 Å². The Balaban J connectivity index is 2.29. The Hall–Kier alpha value is -2.75. The highest BCUT2D eigenvalue weighted by molar-refractivity contribution is 6.10. The summed E-state index contributed by atoms with van der Waals surface area (Å²) in [4.78, 5) is 12.4. The van der Waals surface area contributed by atoms with Gasteiger partial charge >= 0.3 is 0 Å². The minimum Gasteiger partial charge on any atom is -0.497 e. The normalized spacial score (nSPS) is 10.5. The summed E-state index contributed by atoms with van der Waals surface area (Å²) in [7, 11) is 4.99. The number of rotatable bonds is 6. The van der Waals surface area contributed by atoms with Gasteiger partial charge < -0.3 is 14.8 Å². The fraction of sp³-hybridized carbons (Fsp3) is 0.167. The van der Waals surface area contributed by atoms with Crippen molar-refractivity contribution in [3.8, 4) is 11.5 Å². The van der Waals surface area contributed by atoms with E-state index >= 15 is 0 Å². The third-order valence-electron chi connectivity index (χ3n) is 3.31. The maximum absolute atomic E-state index is 12.4. The van der Waals surface area contributed by atoms with Crippen LogP contribution in [-0.4, -0.2) is 27.1 Å². The molecule has 0 aliphatic carbocycles. The Labute approximate surface area is 130 Å². The minimum atomic E-state index is -0.0742. The van der Waals surface area contributed by atoms with E-state index in [4.69, 9.17) is 9.47 Å². The number of benzene rings is 2. The Morgan fingerprint density at radius 2 is 1.86 bits per heavy atom. The first-order chi connectivity index (χ1) is 10.7. The van der Waals surface area contributed by atoms with Gasteiger partial charge in [0, 0.05) is 23.9 Å². The van der Waals surface area contributed by atoms with Crippen LogP contribution in [0.5, 0.6) is 11.5 Å². The molecule has 114 valence electrons. The van der Waals surface area contributed by atoms with Gasteiger partial charge in [0.1, 0.15) is 11.5 Å². The Kier molecular flexibility index (Phi) is 5.20. The van der Waals surface area contributed by atoms with Gasteiger partial charge in [0.2, 0.25) is 0 Å². The quantitative estimate of drug-likeness (QED) is 0.653. The molecule has 0 aromatic heterocycles. The molecular formula is C18H19NO3. The molecule has 2 aromatic rings. The molecule has 0 aliphatic heterocycles. The highest BCUT2D eigenvalue weighted by Crippen LogP contribution is 2.25. The van der Waals surface area contributed by atoms with Gasteiger partial charge in [-0.3, -0.25) is 4.79 Å². The van der Waals surface area contributed by atoms with Gasteiger partial charge in [0.25, 0.3) is 0 Å². The standard InChI is InChI=1S/C18H19NO3/c1-19-16-7-5-4-6-15(16)17(20)10-8-13-12-14(21-2)9-11-18(13)22-3/h4-12,19H,1-3H3. The van der Waals surface area contributed by atoms with Crippen molar-refractivity contribution in [2.24, 2.45) is 0 Å². The number of hydrogen-bond acceptors (Lipinski definition) is 4. The summed E-state index contributed by atoms with van der Waals surface area (Å²) in [5.74, 6) is 1.32. The number of nitrogens with one attached hydrogen (secondary N) is 1. The fourth-order valence-corrected chi connectivity index (χ4v) is 2.14. The van der Waals surface area contributed by atoms with Gasteiger partial charge in [-0.25, -0.2) is 0 Å². The van der Waals surface area contributed by atoms with Crippen LogP contribution in [0.2, 0.25) is 0 Å². The Morgan fingerprint density at radius 1 is 1.09 bits per heavy atom. The maximum atomic E-state index is 12.4. The van der Waals surface area contributed by atoms with E-state index in [1.807, 2.05) is 36.4 Å². The van der Waals surface area contributed by atoms with Crippen molar-refractivity contribution in [3.63, 3.8) is 0 Å². The fourth-order valence-electron chi connectivity index (χ4n) is 2.14. The average Bonchev–Trinajstić information content (AvgIpc) is 2.59. The van der Waals surface area contributed by atoms with Crippen LogP contribution in [0.15, 0.2) is 48.5 Å². The van der Waals surface area contributed by atoms with Crippen molar-refractivity contribution < 1.29 is 14.3 Å². The van der Waals surface area contributed by atoms with Crippen molar-refractivity contribution in [2.45, 2.75) is 0 Å². The summed E-state index contributed by atoms with van der Waals surface area (Å²) >= 11 is 0. The minimum absolute atomic E-state index is 0.0742.